The third-order valence-electron chi connectivity index (χ3n) is 2.03. The van der Waals surface area contributed by atoms with Crippen LogP contribution in [-0.4, -0.2) is 9.52 Å². The molecular weight excluding hydrogens is 207 g/mol. The first-order valence-corrected chi connectivity index (χ1v) is 7.04. The molecule has 0 amide bonds. The molecule has 0 aliphatic carbocycles. The van der Waals surface area contributed by atoms with Gasteiger partial charge in [0.25, 0.3) is 0 Å². The van der Waals surface area contributed by atoms with Gasteiger partial charge in [0.1, 0.15) is 0 Å². The van der Waals surface area contributed by atoms with Gasteiger partial charge in [0, 0.05) is 0 Å². The second-order valence-electron chi connectivity index (χ2n) is 2.71. The van der Waals surface area contributed by atoms with E-state index in [1.165, 1.54) is 10.8 Å². The van der Waals surface area contributed by atoms with Crippen LogP contribution in [0, 0.1) is 0 Å². The van der Waals surface area contributed by atoms with Gasteiger partial charge >= 0.3 is 0 Å². The maximum atomic E-state index is 6.08. The van der Waals surface area contributed by atoms with E-state index in [0.717, 1.165) is 11.4 Å². The first-order valence-electron chi connectivity index (χ1n) is 4.16. The molecule has 1 aromatic carbocycles. The summed E-state index contributed by atoms with van der Waals surface area (Å²) in [5, 5.41) is 2.80. The van der Waals surface area contributed by atoms with Crippen LogP contribution in [0.2, 0.25) is 16.6 Å². The van der Waals surface area contributed by atoms with Crippen molar-refractivity contribution in [3.05, 3.63) is 27.7 Å². The lowest BCUT2D eigenvalue weighted by molar-refractivity contribution is 1.15. The third kappa shape index (κ3) is 1.84. The minimum absolute atomic E-state index is 0.215. The Kier molecular flexibility index (Phi) is 3.63. The van der Waals surface area contributed by atoms with Crippen molar-refractivity contribution in [3.8, 4) is 0 Å². The van der Waals surface area contributed by atoms with Crippen LogP contribution in [0.3, 0.4) is 0 Å². The van der Waals surface area contributed by atoms with E-state index in [1.807, 2.05) is 6.07 Å². The molecule has 0 spiro atoms. The summed E-state index contributed by atoms with van der Waals surface area (Å²) in [5.74, 6) is 0. The number of rotatable bonds is 2. The molecular formula is C9H12Cl2Si. The summed E-state index contributed by atoms with van der Waals surface area (Å²) in [6.45, 7) is 4.38. The summed E-state index contributed by atoms with van der Waals surface area (Å²) < 4.78 is 0. The van der Waals surface area contributed by atoms with Crippen LogP contribution in [0.4, 0.5) is 0 Å². The summed E-state index contributed by atoms with van der Waals surface area (Å²) in [7, 11) is -0.215. The third-order valence-corrected chi connectivity index (χ3v) is 4.61. The zero-order valence-corrected chi connectivity index (χ0v) is 10.3. The van der Waals surface area contributed by atoms with Crippen LogP contribution in [0.5, 0.6) is 0 Å². The van der Waals surface area contributed by atoms with E-state index in [4.69, 9.17) is 23.2 Å². The van der Waals surface area contributed by atoms with Crippen molar-refractivity contribution >= 4 is 37.9 Å². The van der Waals surface area contributed by atoms with E-state index in [9.17, 15) is 0 Å². The van der Waals surface area contributed by atoms with Crippen molar-refractivity contribution in [2.45, 2.75) is 19.9 Å². The molecule has 0 saturated carbocycles. The average Bonchev–Trinajstić information content (AvgIpc) is 2.09. The fraction of sp³-hybridized carbons (Fsp3) is 0.333. The minimum atomic E-state index is -0.215. The summed E-state index contributed by atoms with van der Waals surface area (Å²) in [5.41, 5.74) is 1.36. The van der Waals surface area contributed by atoms with Gasteiger partial charge in [-0.25, -0.2) is 0 Å². The summed E-state index contributed by atoms with van der Waals surface area (Å²) >= 11 is 12.0. The van der Waals surface area contributed by atoms with Crippen LogP contribution in [0.25, 0.3) is 0 Å². The topological polar surface area (TPSA) is 0 Å². The monoisotopic (exact) mass is 218 g/mol. The maximum Gasteiger partial charge on any atom is 0.0591 e. The first-order chi connectivity index (χ1) is 5.70. The van der Waals surface area contributed by atoms with Crippen LogP contribution in [-0.2, 0) is 6.42 Å². The van der Waals surface area contributed by atoms with Gasteiger partial charge in [0.15, 0.2) is 0 Å². The van der Waals surface area contributed by atoms with E-state index in [1.54, 1.807) is 0 Å². The van der Waals surface area contributed by atoms with E-state index in [2.05, 4.69) is 19.5 Å². The Bertz CT molecular complexity index is 284. The molecule has 66 valence electrons. The molecule has 0 atom stereocenters. The number of hydrogen-bond donors (Lipinski definition) is 0. The van der Waals surface area contributed by atoms with Crippen molar-refractivity contribution in [2.24, 2.45) is 0 Å². The Labute approximate surface area is 85.7 Å². The Hall–Kier alpha value is 0.0169. The zero-order chi connectivity index (χ0) is 9.14. The van der Waals surface area contributed by atoms with Gasteiger partial charge in [0.2, 0.25) is 0 Å². The highest BCUT2D eigenvalue weighted by molar-refractivity contribution is 6.59. The number of aryl methyl sites for hydroxylation is 1. The Morgan fingerprint density at radius 1 is 1.33 bits per heavy atom. The average molecular weight is 219 g/mol. The Morgan fingerprint density at radius 2 is 2.00 bits per heavy atom. The highest BCUT2D eigenvalue weighted by atomic mass is 35.5. The number of benzene rings is 1. The van der Waals surface area contributed by atoms with Gasteiger partial charge in [0.05, 0.1) is 19.6 Å². The van der Waals surface area contributed by atoms with Gasteiger partial charge in [-0.2, -0.15) is 0 Å². The second kappa shape index (κ2) is 4.31. The largest absolute Gasteiger partial charge is 0.0829 e. The van der Waals surface area contributed by atoms with Crippen molar-refractivity contribution < 1.29 is 0 Å². The smallest absolute Gasteiger partial charge is 0.0591 e. The standard InChI is InChI=1S/C9H12Cl2Si/c1-3-6-4-5-7(10)8(11)9(6)12-2/h4-5H,3,12H2,1-2H3. The molecule has 0 aromatic heterocycles. The molecule has 0 aliphatic heterocycles. The first kappa shape index (κ1) is 10.1. The molecule has 0 nitrogen and oxygen atoms in total. The van der Waals surface area contributed by atoms with Gasteiger partial charge in [-0.1, -0.05) is 42.7 Å². The van der Waals surface area contributed by atoms with Gasteiger partial charge < -0.3 is 0 Å². The lowest BCUT2D eigenvalue weighted by atomic mass is 10.2. The Balaban J connectivity index is 3.25. The van der Waals surface area contributed by atoms with Crippen molar-refractivity contribution in [3.63, 3.8) is 0 Å². The van der Waals surface area contributed by atoms with Crippen LogP contribution >= 0.6 is 23.2 Å². The molecule has 12 heavy (non-hydrogen) atoms. The summed E-state index contributed by atoms with van der Waals surface area (Å²) in [4.78, 5) is 0. The van der Waals surface area contributed by atoms with Gasteiger partial charge in [-0.3, -0.25) is 0 Å². The minimum Gasteiger partial charge on any atom is -0.0829 e. The fourth-order valence-electron chi connectivity index (χ4n) is 1.35. The predicted molar refractivity (Wildman–Crippen MR) is 59.9 cm³/mol. The highest BCUT2D eigenvalue weighted by Gasteiger charge is 2.06. The molecule has 0 unspecified atom stereocenters. The summed E-state index contributed by atoms with van der Waals surface area (Å²) in [6, 6.07) is 3.97. The van der Waals surface area contributed by atoms with Crippen molar-refractivity contribution in [2.75, 3.05) is 0 Å². The van der Waals surface area contributed by atoms with E-state index < -0.39 is 0 Å². The molecule has 0 N–H and O–H groups in total. The van der Waals surface area contributed by atoms with Crippen LogP contribution < -0.4 is 5.19 Å². The molecule has 0 bridgehead atoms. The molecule has 0 heterocycles. The molecule has 1 rings (SSSR count). The van der Waals surface area contributed by atoms with Crippen molar-refractivity contribution in [1.29, 1.82) is 0 Å². The molecule has 1 aromatic rings. The zero-order valence-electron chi connectivity index (χ0n) is 7.32. The molecule has 3 heteroatoms. The SMILES string of the molecule is CCc1ccc(Cl)c(Cl)c1[SiH2]C. The molecule has 0 radical (unpaired) electrons. The van der Waals surface area contributed by atoms with Crippen molar-refractivity contribution in [1.82, 2.24) is 0 Å². The van der Waals surface area contributed by atoms with Crippen LogP contribution in [0.15, 0.2) is 12.1 Å². The van der Waals surface area contributed by atoms with E-state index >= 15 is 0 Å². The van der Waals surface area contributed by atoms with E-state index in [0.29, 0.717) is 5.02 Å². The molecule has 0 fully saturated rings. The molecule has 0 saturated heterocycles. The van der Waals surface area contributed by atoms with Gasteiger partial charge in [-0.15, -0.1) is 0 Å². The Morgan fingerprint density at radius 3 is 2.50 bits per heavy atom. The van der Waals surface area contributed by atoms with Crippen LogP contribution in [0.1, 0.15) is 12.5 Å². The number of hydrogen-bond acceptors (Lipinski definition) is 0. The maximum absolute atomic E-state index is 6.08. The second-order valence-corrected chi connectivity index (χ2v) is 4.91. The predicted octanol–water partition coefficient (Wildman–Crippen LogP) is 2.40. The van der Waals surface area contributed by atoms with E-state index in [-0.39, 0.29) is 9.52 Å². The normalized spacial score (nSPS) is 11.3. The summed E-state index contributed by atoms with van der Waals surface area (Å²) in [6.07, 6.45) is 1.05. The highest BCUT2D eigenvalue weighted by Crippen LogP contribution is 2.20. The van der Waals surface area contributed by atoms with Gasteiger partial charge in [-0.05, 0) is 23.2 Å². The fourth-order valence-corrected chi connectivity index (χ4v) is 3.54. The lowest BCUT2D eigenvalue weighted by Crippen LogP contribution is -2.17. The quantitative estimate of drug-likeness (QED) is 0.670. The number of halogens is 2. The molecule has 0 aliphatic rings. The lowest BCUT2D eigenvalue weighted by Gasteiger charge is -2.08.